The predicted molar refractivity (Wildman–Crippen MR) is 75.9 cm³/mol. The quantitative estimate of drug-likeness (QED) is 0.869. The summed E-state index contributed by atoms with van der Waals surface area (Å²) < 4.78 is 5.36. The van der Waals surface area contributed by atoms with Crippen LogP contribution in [0.2, 0.25) is 0 Å². The minimum Gasteiger partial charge on any atom is -0.381 e. The van der Waals surface area contributed by atoms with Crippen LogP contribution in [0.1, 0.15) is 34.7 Å². The first kappa shape index (κ1) is 12.9. The van der Waals surface area contributed by atoms with Crippen molar-refractivity contribution in [1.82, 2.24) is 4.98 Å². The molecule has 0 spiro atoms. The normalized spacial score (nSPS) is 16.4. The molecular formula is C15H16N2O3. The van der Waals surface area contributed by atoms with E-state index in [1.807, 2.05) is 18.2 Å². The van der Waals surface area contributed by atoms with Gasteiger partial charge < -0.3 is 15.5 Å². The summed E-state index contributed by atoms with van der Waals surface area (Å²) in [6, 6.07) is 7.49. The largest absolute Gasteiger partial charge is 0.381 e. The molecule has 0 atom stereocenters. The van der Waals surface area contributed by atoms with Gasteiger partial charge in [-0.3, -0.25) is 9.59 Å². The Kier molecular flexibility index (Phi) is 3.28. The summed E-state index contributed by atoms with van der Waals surface area (Å²) in [5, 5.41) is 0.814. The van der Waals surface area contributed by atoms with E-state index < -0.39 is 11.5 Å². The van der Waals surface area contributed by atoms with E-state index in [0.717, 1.165) is 37.0 Å². The highest BCUT2D eigenvalue weighted by Gasteiger charge is 2.16. The molecule has 1 amide bonds. The molecule has 1 aromatic heterocycles. The molecule has 2 heterocycles. The van der Waals surface area contributed by atoms with Gasteiger partial charge in [0.15, 0.2) is 0 Å². The lowest BCUT2D eigenvalue weighted by atomic mass is 9.91. The molecule has 3 N–H and O–H groups in total. The van der Waals surface area contributed by atoms with Crippen LogP contribution in [-0.4, -0.2) is 24.1 Å². The number of rotatable bonds is 2. The lowest BCUT2D eigenvalue weighted by Crippen LogP contribution is -2.23. The molecule has 1 aliphatic heterocycles. The fraction of sp³-hybridized carbons (Fsp3) is 0.333. The van der Waals surface area contributed by atoms with Crippen molar-refractivity contribution in [2.45, 2.75) is 18.8 Å². The SMILES string of the molecule is NC(=O)c1cc2ccc(C3CCOCC3)cc2[nH]c1=O. The van der Waals surface area contributed by atoms with Gasteiger partial charge in [-0.15, -0.1) is 0 Å². The number of fused-ring (bicyclic) bond motifs is 1. The van der Waals surface area contributed by atoms with Crippen molar-refractivity contribution in [1.29, 1.82) is 0 Å². The van der Waals surface area contributed by atoms with E-state index >= 15 is 0 Å². The second kappa shape index (κ2) is 5.09. The van der Waals surface area contributed by atoms with Crippen LogP contribution < -0.4 is 11.3 Å². The molecule has 2 aromatic rings. The smallest absolute Gasteiger partial charge is 0.261 e. The van der Waals surface area contributed by atoms with Crippen LogP contribution in [-0.2, 0) is 4.74 Å². The number of H-pyrrole nitrogens is 1. The van der Waals surface area contributed by atoms with Crippen molar-refractivity contribution in [3.63, 3.8) is 0 Å². The maximum atomic E-state index is 11.8. The first-order chi connectivity index (χ1) is 9.65. The number of nitrogens with one attached hydrogen (secondary N) is 1. The Bertz CT molecular complexity index is 715. The molecule has 1 fully saturated rings. The van der Waals surface area contributed by atoms with Gasteiger partial charge in [-0.1, -0.05) is 12.1 Å². The van der Waals surface area contributed by atoms with Gasteiger partial charge >= 0.3 is 0 Å². The zero-order valence-electron chi connectivity index (χ0n) is 11.0. The van der Waals surface area contributed by atoms with Crippen molar-refractivity contribution in [2.75, 3.05) is 13.2 Å². The Morgan fingerprint density at radius 3 is 2.70 bits per heavy atom. The van der Waals surface area contributed by atoms with Crippen molar-refractivity contribution in [3.05, 3.63) is 45.7 Å². The zero-order valence-corrected chi connectivity index (χ0v) is 11.0. The number of carbonyl (C=O) groups excluding carboxylic acids is 1. The Morgan fingerprint density at radius 2 is 2.00 bits per heavy atom. The molecule has 20 heavy (non-hydrogen) atoms. The number of carbonyl (C=O) groups is 1. The minimum atomic E-state index is -0.707. The molecule has 5 heteroatoms. The fourth-order valence-electron chi connectivity index (χ4n) is 2.69. The Labute approximate surface area is 115 Å². The maximum Gasteiger partial charge on any atom is 0.261 e. The van der Waals surface area contributed by atoms with E-state index in [1.54, 1.807) is 6.07 Å². The van der Waals surface area contributed by atoms with Gasteiger partial charge in [-0.25, -0.2) is 0 Å². The molecule has 104 valence electrons. The summed E-state index contributed by atoms with van der Waals surface area (Å²) >= 11 is 0. The number of pyridine rings is 1. The van der Waals surface area contributed by atoms with Crippen molar-refractivity contribution in [3.8, 4) is 0 Å². The molecular weight excluding hydrogens is 256 g/mol. The van der Waals surface area contributed by atoms with Crippen LogP contribution >= 0.6 is 0 Å². The van der Waals surface area contributed by atoms with Gasteiger partial charge in [-0.05, 0) is 41.8 Å². The monoisotopic (exact) mass is 272 g/mol. The second-order valence-electron chi connectivity index (χ2n) is 5.11. The number of nitrogens with two attached hydrogens (primary N) is 1. The number of aromatic nitrogens is 1. The third kappa shape index (κ3) is 2.32. The summed E-state index contributed by atoms with van der Waals surface area (Å²) in [5.41, 5.74) is 6.68. The Balaban J connectivity index is 2.05. The molecule has 0 saturated carbocycles. The maximum absolute atomic E-state index is 11.8. The van der Waals surface area contributed by atoms with Crippen LogP contribution in [0.5, 0.6) is 0 Å². The van der Waals surface area contributed by atoms with Gasteiger partial charge in [0, 0.05) is 18.7 Å². The lowest BCUT2D eigenvalue weighted by molar-refractivity contribution is 0.0853. The van der Waals surface area contributed by atoms with E-state index in [9.17, 15) is 9.59 Å². The molecule has 0 aliphatic carbocycles. The first-order valence-electron chi connectivity index (χ1n) is 6.69. The second-order valence-corrected chi connectivity index (χ2v) is 5.11. The van der Waals surface area contributed by atoms with Gasteiger partial charge in [0.25, 0.3) is 11.5 Å². The molecule has 0 unspecified atom stereocenters. The number of aromatic amines is 1. The molecule has 1 aliphatic rings. The first-order valence-corrected chi connectivity index (χ1v) is 6.69. The van der Waals surface area contributed by atoms with Crippen molar-refractivity contribution < 1.29 is 9.53 Å². The van der Waals surface area contributed by atoms with Crippen LogP contribution in [0.25, 0.3) is 10.9 Å². The summed E-state index contributed by atoms with van der Waals surface area (Å²) in [6.07, 6.45) is 1.99. The van der Waals surface area contributed by atoms with Crippen molar-refractivity contribution >= 4 is 16.8 Å². The average molecular weight is 272 g/mol. The van der Waals surface area contributed by atoms with E-state index in [-0.39, 0.29) is 5.56 Å². The molecule has 3 rings (SSSR count). The highest BCUT2D eigenvalue weighted by molar-refractivity contribution is 5.96. The van der Waals surface area contributed by atoms with Crippen LogP contribution in [0.15, 0.2) is 29.1 Å². The number of ether oxygens (including phenoxy) is 1. The van der Waals surface area contributed by atoms with Crippen LogP contribution in [0, 0.1) is 0 Å². The zero-order chi connectivity index (χ0) is 14.1. The molecule has 1 saturated heterocycles. The van der Waals surface area contributed by atoms with Crippen LogP contribution in [0.3, 0.4) is 0 Å². The van der Waals surface area contributed by atoms with Crippen LogP contribution in [0.4, 0.5) is 0 Å². The third-order valence-corrected chi connectivity index (χ3v) is 3.83. The number of primary amides is 1. The van der Waals surface area contributed by atoms with Crippen molar-refractivity contribution in [2.24, 2.45) is 5.73 Å². The molecule has 5 nitrogen and oxygen atoms in total. The van der Waals surface area contributed by atoms with E-state index in [0.29, 0.717) is 5.92 Å². The predicted octanol–water partition coefficient (Wildman–Crippen LogP) is 1.52. The highest BCUT2D eigenvalue weighted by Crippen LogP contribution is 2.28. The number of benzene rings is 1. The summed E-state index contributed by atoms with van der Waals surface area (Å²) in [7, 11) is 0. The lowest BCUT2D eigenvalue weighted by Gasteiger charge is -2.22. The molecule has 0 radical (unpaired) electrons. The summed E-state index contributed by atoms with van der Waals surface area (Å²) in [6.45, 7) is 1.56. The van der Waals surface area contributed by atoms with E-state index in [4.69, 9.17) is 10.5 Å². The fourth-order valence-corrected chi connectivity index (χ4v) is 2.69. The number of hydrogen-bond acceptors (Lipinski definition) is 3. The van der Waals surface area contributed by atoms with Gasteiger partial charge in [0.05, 0.1) is 0 Å². The standard InChI is InChI=1S/C15H16N2O3/c16-14(18)12-7-11-2-1-10(8-13(11)17-15(12)19)9-3-5-20-6-4-9/h1-2,7-9H,3-6H2,(H2,16,18)(H,17,19). The minimum absolute atomic E-state index is 0.00341. The van der Waals surface area contributed by atoms with E-state index in [1.165, 1.54) is 5.56 Å². The highest BCUT2D eigenvalue weighted by atomic mass is 16.5. The topological polar surface area (TPSA) is 85.2 Å². The summed E-state index contributed by atoms with van der Waals surface area (Å²) in [4.78, 5) is 25.7. The van der Waals surface area contributed by atoms with Gasteiger partial charge in [0.2, 0.25) is 0 Å². The Hall–Kier alpha value is -2.14. The molecule has 1 aromatic carbocycles. The number of amides is 1. The third-order valence-electron chi connectivity index (χ3n) is 3.83. The van der Waals surface area contributed by atoms with Gasteiger partial charge in [-0.2, -0.15) is 0 Å². The summed E-state index contributed by atoms with van der Waals surface area (Å²) in [5.74, 6) is -0.242. The van der Waals surface area contributed by atoms with E-state index in [2.05, 4.69) is 4.98 Å². The Morgan fingerprint density at radius 1 is 1.25 bits per heavy atom. The average Bonchev–Trinajstić information content (AvgIpc) is 2.46. The van der Waals surface area contributed by atoms with Gasteiger partial charge in [0.1, 0.15) is 5.56 Å². The molecule has 0 bridgehead atoms. The number of hydrogen-bond donors (Lipinski definition) is 2.